The minimum atomic E-state index is -0.573. The Morgan fingerprint density at radius 3 is 2.60 bits per heavy atom. The van der Waals surface area contributed by atoms with Crippen molar-refractivity contribution in [3.8, 4) is 5.75 Å². The van der Waals surface area contributed by atoms with Crippen molar-refractivity contribution < 1.29 is 13.9 Å². The van der Waals surface area contributed by atoms with Gasteiger partial charge in [-0.1, -0.05) is 11.6 Å². The van der Waals surface area contributed by atoms with Gasteiger partial charge in [0.2, 0.25) is 0 Å². The van der Waals surface area contributed by atoms with Crippen LogP contribution in [0.1, 0.15) is 21.5 Å². The third kappa shape index (κ3) is 2.60. The number of aryl methyl sites for hydroxylation is 1. The first-order chi connectivity index (χ1) is 9.43. The van der Waals surface area contributed by atoms with Crippen LogP contribution in [0.4, 0.5) is 10.1 Å². The van der Waals surface area contributed by atoms with Crippen LogP contribution in [-0.4, -0.2) is 12.9 Å². The van der Waals surface area contributed by atoms with Gasteiger partial charge in [-0.05, 0) is 42.8 Å². The van der Waals surface area contributed by atoms with Crippen LogP contribution in [0.3, 0.4) is 0 Å². The highest BCUT2D eigenvalue weighted by Crippen LogP contribution is 2.27. The van der Waals surface area contributed by atoms with E-state index in [1.165, 1.54) is 31.4 Å². The number of carbonyl (C=O) groups excluding carboxylic acids is 1. The van der Waals surface area contributed by atoms with E-state index in [0.717, 1.165) is 0 Å². The van der Waals surface area contributed by atoms with Gasteiger partial charge in [-0.3, -0.25) is 4.79 Å². The maximum absolute atomic E-state index is 14.0. The van der Waals surface area contributed by atoms with Gasteiger partial charge >= 0.3 is 0 Å². The van der Waals surface area contributed by atoms with E-state index in [1.807, 2.05) is 0 Å². The summed E-state index contributed by atoms with van der Waals surface area (Å²) in [5, 5.41) is 0.291. The van der Waals surface area contributed by atoms with Crippen molar-refractivity contribution in [3.05, 3.63) is 57.9 Å². The second kappa shape index (κ2) is 5.51. The largest absolute Gasteiger partial charge is 0.495 e. The number of nitrogen functional groups attached to an aromatic ring is 1. The Balaban J connectivity index is 2.49. The molecule has 0 heterocycles. The normalized spacial score (nSPS) is 10.4. The molecule has 0 fully saturated rings. The monoisotopic (exact) mass is 293 g/mol. The Labute approximate surface area is 121 Å². The highest BCUT2D eigenvalue weighted by Gasteiger charge is 2.17. The van der Waals surface area contributed by atoms with Gasteiger partial charge in [0.15, 0.2) is 5.78 Å². The quantitative estimate of drug-likeness (QED) is 0.695. The molecule has 0 atom stereocenters. The molecule has 0 aromatic heterocycles. The van der Waals surface area contributed by atoms with Crippen LogP contribution in [-0.2, 0) is 0 Å². The summed E-state index contributed by atoms with van der Waals surface area (Å²) in [6.45, 7) is 1.56. The number of carbonyl (C=O) groups is 1. The number of benzene rings is 2. The lowest BCUT2D eigenvalue weighted by Crippen LogP contribution is -2.07. The van der Waals surface area contributed by atoms with Gasteiger partial charge in [0.05, 0.1) is 17.7 Å². The maximum Gasteiger partial charge on any atom is 0.196 e. The Kier molecular flexibility index (Phi) is 3.95. The fourth-order valence-electron chi connectivity index (χ4n) is 1.93. The zero-order valence-corrected chi connectivity index (χ0v) is 11.8. The molecule has 0 unspecified atom stereocenters. The number of ether oxygens (including phenoxy) is 1. The molecule has 2 aromatic rings. The number of hydrogen-bond acceptors (Lipinski definition) is 3. The smallest absolute Gasteiger partial charge is 0.196 e. The average molecular weight is 294 g/mol. The molecule has 20 heavy (non-hydrogen) atoms. The molecule has 0 aliphatic carbocycles. The van der Waals surface area contributed by atoms with E-state index in [1.54, 1.807) is 13.0 Å². The third-order valence-electron chi connectivity index (χ3n) is 2.94. The molecule has 2 aromatic carbocycles. The number of methoxy groups -OCH3 is 1. The van der Waals surface area contributed by atoms with Crippen molar-refractivity contribution in [2.24, 2.45) is 0 Å². The maximum atomic E-state index is 14.0. The summed E-state index contributed by atoms with van der Waals surface area (Å²) < 4.78 is 19.0. The zero-order chi connectivity index (χ0) is 14.9. The van der Waals surface area contributed by atoms with E-state index < -0.39 is 11.6 Å². The van der Waals surface area contributed by atoms with Crippen molar-refractivity contribution in [3.63, 3.8) is 0 Å². The predicted octanol–water partition coefficient (Wildman–Crippen LogP) is 3.61. The molecule has 104 valence electrons. The molecule has 0 radical (unpaired) electrons. The number of anilines is 1. The molecule has 3 nitrogen and oxygen atoms in total. The average Bonchev–Trinajstić information content (AvgIpc) is 2.42. The van der Waals surface area contributed by atoms with Crippen LogP contribution in [0.15, 0.2) is 30.3 Å². The molecule has 0 spiro atoms. The number of nitrogens with two attached hydrogens (primary N) is 1. The van der Waals surface area contributed by atoms with E-state index in [2.05, 4.69) is 0 Å². The molecule has 0 bridgehead atoms. The number of ketones is 1. The lowest BCUT2D eigenvalue weighted by molar-refractivity contribution is 0.103. The van der Waals surface area contributed by atoms with Gasteiger partial charge in [-0.15, -0.1) is 0 Å². The Bertz CT molecular complexity index is 686. The summed E-state index contributed by atoms with van der Waals surface area (Å²) in [4.78, 5) is 12.3. The number of rotatable bonds is 3. The fourth-order valence-corrected chi connectivity index (χ4v) is 2.18. The predicted molar refractivity (Wildman–Crippen MR) is 77.0 cm³/mol. The van der Waals surface area contributed by atoms with Crippen LogP contribution in [0.25, 0.3) is 0 Å². The van der Waals surface area contributed by atoms with Crippen LogP contribution in [0.5, 0.6) is 5.75 Å². The zero-order valence-electron chi connectivity index (χ0n) is 11.0. The van der Waals surface area contributed by atoms with Crippen LogP contribution in [0, 0.1) is 12.7 Å². The molecule has 0 aliphatic rings. The SMILES string of the molecule is COc1ccc(C(=O)c2cc(N)cc(C)c2F)cc1Cl. The Morgan fingerprint density at radius 1 is 1.30 bits per heavy atom. The standard InChI is InChI=1S/C15H13ClFNO2/c1-8-5-10(18)7-11(14(8)17)15(19)9-3-4-13(20-2)12(16)6-9/h3-7H,18H2,1-2H3. The summed E-state index contributed by atoms with van der Waals surface area (Å²) in [5.41, 5.74) is 6.53. The summed E-state index contributed by atoms with van der Waals surface area (Å²) in [6.07, 6.45) is 0. The van der Waals surface area contributed by atoms with Gasteiger partial charge in [-0.25, -0.2) is 4.39 Å². The van der Waals surface area contributed by atoms with E-state index in [0.29, 0.717) is 22.0 Å². The summed E-state index contributed by atoms with van der Waals surface area (Å²) >= 11 is 5.97. The Morgan fingerprint density at radius 2 is 2.00 bits per heavy atom. The lowest BCUT2D eigenvalue weighted by Gasteiger charge is -2.08. The van der Waals surface area contributed by atoms with Gasteiger partial charge in [0.25, 0.3) is 0 Å². The minimum Gasteiger partial charge on any atom is -0.495 e. The molecule has 0 saturated heterocycles. The van der Waals surface area contributed by atoms with Crippen LogP contribution < -0.4 is 10.5 Å². The van der Waals surface area contributed by atoms with Crippen LogP contribution in [0.2, 0.25) is 5.02 Å². The molecule has 0 amide bonds. The van der Waals surface area contributed by atoms with E-state index in [-0.39, 0.29) is 11.1 Å². The number of halogens is 2. The Hall–Kier alpha value is -2.07. The lowest BCUT2D eigenvalue weighted by atomic mass is 10.00. The van der Waals surface area contributed by atoms with E-state index >= 15 is 0 Å². The molecule has 2 rings (SSSR count). The van der Waals surface area contributed by atoms with Crippen LogP contribution >= 0.6 is 11.6 Å². The highest BCUT2D eigenvalue weighted by molar-refractivity contribution is 6.32. The van der Waals surface area contributed by atoms with Gasteiger partial charge in [-0.2, -0.15) is 0 Å². The van der Waals surface area contributed by atoms with Gasteiger partial charge in [0.1, 0.15) is 11.6 Å². The summed E-state index contributed by atoms with van der Waals surface area (Å²) in [7, 11) is 1.48. The molecule has 5 heteroatoms. The van der Waals surface area contributed by atoms with E-state index in [4.69, 9.17) is 22.1 Å². The molecule has 0 aliphatic heterocycles. The van der Waals surface area contributed by atoms with E-state index in [9.17, 15) is 9.18 Å². The highest BCUT2D eigenvalue weighted by atomic mass is 35.5. The molecular formula is C15H13ClFNO2. The summed E-state index contributed by atoms with van der Waals surface area (Å²) in [5.74, 6) is -0.592. The second-order valence-corrected chi connectivity index (χ2v) is 4.78. The first-order valence-corrected chi connectivity index (χ1v) is 6.25. The second-order valence-electron chi connectivity index (χ2n) is 4.38. The minimum absolute atomic E-state index is 0.0660. The first-order valence-electron chi connectivity index (χ1n) is 5.88. The number of hydrogen-bond donors (Lipinski definition) is 1. The molecule has 0 saturated carbocycles. The van der Waals surface area contributed by atoms with Crippen molar-refractivity contribution in [1.29, 1.82) is 0 Å². The topological polar surface area (TPSA) is 52.3 Å². The van der Waals surface area contributed by atoms with Crippen molar-refractivity contribution in [2.45, 2.75) is 6.92 Å². The van der Waals surface area contributed by atoms with Crippen molar-refractivity contribution in [1.82, 2.24) is 0 Å². The molecule has 2 N–H and O–H groups in total. The van der Waals surface area contributed by atoms with Crippen molar-refractivity contribution >= 4 is 23.1 Å². The molecular weight excluding hydrogens is 281 g/mol. The fraction of sp³-hybridized carbons (Fsp3) is 0.133. The van der Waals surface area contributed by atoms with Gasteiger partial charge < -0.3 is 10.5 Å². The summed E-state index contributed by atoms with van der Waals surface area (Å²) in [6, 6.07) is 7.34. The van der Waals surface area contributed by atoms with Crippen molar-refractivity contribution in [2.75, 3.05) is 12.8 Å². The first kappa shape index (κ1) is 14.3. The van der Waals surface area contributed by atoms with Gasteiger partial charge in [0, 0.05) is 11.3 Å². The third-order valence-corrected chi connectivity index (χ3v) is 3.23.